The zero-order valence-corrected chi connectivity index (χ0v) is 29.0. The summed E-state index contributed by atoms with van der Waals surface area (Å²) in [7, 11) is -0.420. The molecule has 3 heterocycles. The van der Waals surface area contributed by atoms with Crippen molar-refractivity contribution in [3.05, 3.63) is 114 Å². The molecule has 0 radical (unpaired) electrons. The lowest BCUT2D eigenvalue weighted by molar-refractivity contribution is -0.137. The number of carbonyl (C=O) groups excluding carboxylic acids is 1. The summed E-state index contributed by atoms with van der Waals surface area (Å²) < 4.78 is 78.5. The van der Waals surface area contributed by atoms with E-state index in [1.165, 1.54) is 18.3 Å². The first-order valence-corrected chi connectivity index (χ1v) is 17.9. The third-order valence-electron chi connectivity index (χ3n) is 8.63. The Kier molecular flexibility index (Phi) is 10.1. The van der Waals surface area contributed by atoms with Crippen LogP contribution in [0.25, 0.3) is 17.0 Å². The van der Waals surface area contributed by atoms with E-state index in [4.69, 9.17) is 9.47 Å². The molecule has 10 nitrogen and oxygen atoms in total. The standard InChI is InChI=1S/C37H36F3N5O5S/c1-42-32-16-15-31(50-35-17-14-30(25-41-35)45(51(3,47)48)29-12-10-28(11-13-29)37(38,39)40)23-27(32)24-33(42)36(46)44-21-19-43(20-22-44)18-6-8-26-7-4-5-9-34(26)49-2/h4-17,23-25H,18-22H2,1-3H3/b8-6+. The minimum absolute atomic E-state index is 0.0279. The van der Waals surface area contributed by atoms with Gasteiger partial charge >= 0.3 is 6.18 Å². The van der Waals surface area contributed by atoms with Crippen molar-refractivity contribution in [3.63, 3.8) is 0 Å². The number of anilines is 2. The molecule has 0 atom stereocenters. The minimum Gasteiger partial charge on any atom is -0.496 e. The summed E-state index contributed by atoms with van der Waals surface area (Å²) in [5.41, 5.74) is 1.67. The molecule has 0 aliphatic carbocycles. The highest BCUT2D eigenvalue weighted by Gasteiger charge is 2.31. The van der Waals surface area contributed by atoms with Crippen LogP contribution in [0.3, 0.4) is 0 Å². The maximum atomic E-state index is 13.6. The minimum atomic E-state index is -4.55. The molecule has 5 aromatic rings. The van der Waals surface area contributed by atoms with Gasteiger partial charge in [0.05, 0.1) is 36.5 Å². The van der Waals surface area contributed by atoms with Crippen molar-refractivity contribution < 1.29 is 35.9 Å². The Labute approximate surface area is 294 Å². The van der Waals surface area contributed by atoms with Gasteiger partial charge in [0, 0.05) is 62.3 Å². The number of pyridine rings is 1. The molecular weight excluding hydrogens is 683 g/mol. The lowest BCUT2D eigenvalue weighted by Gasteiger charge is -2.34. The molecule has 0 spiro atoms. The molecule has 1 fully saturated rings. The second-order valence-corrected chi connectivity index (χ2v) is 13.9. The summed E-state index contributed by atoms with van der Waals surface area (Å²) in [5, 5.41) is 0.792. The Morgan fingerprint density at radius 2 is 1.65 bits per heavy atom. The van der Waals surface area contributed by atoms with E-state index < -0.39 is 21.8 Å². The molecule has 1 amide bonds. The van der Waals surface area contributed by atoms with E-state index in [1.807, 2.05) is 59.0 Å². The molecule has 0 unspecified atom stereocenters. The number of carbonyl (C=O) groups is 1. The Hall–Kier alpha value is -5.34. The van der Waals surface area contributed by atoms with Crippen LogP contribution in [-0.2, 0) is 23.2 Å². The maximum Gasteiger partial charge on any atom is 0.416 e. The molecular formula is C37H36F3N5O5S. The fourth-order valence-electron chi connectivity index (χ4n) is 6.02. The van der Waals surface area contributed by atoms with Crippen LogP contribution in [0.15, 0.2) is 97.2 Å². The number of benzene rings is 3. The molecule has 51 heavy (non-hydrogen) atoms. The first-order chi connectivity index (χ1) is 24.3. The topological polar surface area (TPSA) is 97.2 Å². The third-order valence-corrected chi connectivity index (χ3v) is 9.72. The van der Waals surface area contributed by atoms with Gasteiger partial charge in [0.2, 0.25) is 15.9 Å². The van der Waals surface area contributed by atoms with Crippen molar-refractivity contribution in [3.8, 4) is 17.4 Å². The van der Waals surface area contributed by atoms with Crippen LogP contribution in [0.1, 0.15) is 21.6 Å². The Morgan fingerprint density at radius 1 is 0.941 bits per heavy atom. The number of aryl methyl sites for hydroxylation is 1. The number of nitrogens with zero attached hydrogens (tertiary/aromatic N) is 5. The number of para-hydroxylation sites is 1. The molecule has 1 saturated heterocycles. The van der Waals surface area contributed by atoms with Gasteiger partial charge in [-0.1, -0.05) is 30.4 Å². The van der Waals surface area contributed by atoms with E-state index >= 15 is 0 Å². The van der Waals surface area contributed by atoms with Gasteiger partial charge < -0.3 is 18.9 Å². The molecule has 0 saturated carbocycles. The van der Waals surface area contributed by atoms with E-state index in [9.17, 15) is 26.4 Å². The van der Waals surface area contributed by atoms with Crippen LogP contribution in [0.4, 0.5) is 24.5 Å². The summed E-state index contributed by atoms with van der Waals surface area (Å²) >= 11 is 0. The number of piperazine rings is 1. The van der Waals surface area contributed by atoms with Crippen molar-refractivity contribution >= 4 is 44.3 Å². The van der Waals surface area contributed by atoms with Crippen LogP contribution < -0.4 is 13.8 Å². The summed E-state index contributed by atoms with van der Waals surface area (Å²) in [6.45, 7) is 3.48. The number of methoxy groups -OCH3 is 1. The molecule has 3 aromatic carbocycles. The molecule has 1 aliphatic heterocycles. The van der Waals surface area contributed by atoms with E-state index in [0.717, 1.165) is 76.7 Å². The SMILES string of the molecule is COc1ccccc1/C=C/CN1CCN(C(=O)c2cc3cc(Oc4ccc(N(c5ccc(C(F)(F)F)cc5)S(C)(=O)=O)cn4)ccc3n2C)CC1. The quantitative estimate of drug-likeness (QED) is 0.154. The highest BCUT2D eigenvalue weighted by molar-refractivity contribution is 7.92. The van der Waals surface area contributed by atoms with Gasteiger partial charge in [-0.3, -0.25) is 9.69 Å². The smallest absolute Gasteiger partial charge is 0.416 e. The molecule has 0 bridgehead atoms. The van der Waals surface area contributed by atoms with Crippen molar-refractivity contribution in [2.45, 2.75) is 6.18 Å². The number of aromatic nitrogens is 2. The number of ether oxygens (including phenoxy) is 2. The van der Waals surface area contributed by atoms with Crippen molar-refractivity contribution in [2.75, 3.05) is 50.4 Å². The number of rotatable bonds is 10. The van der Waals surface area contributed by atoms with Gasteiger partial charge in [0.15, 0.2) is 0 Å². The number of hydrogen-bond donors (Lipinski definition) is 0. The lowest BCUT2D eigenvalue weighted by Crippen LogP contribution is -2.48. The van der Waals surface area contributed by atoms with E-state index in [1.54, 1.807) is 19.2 Å². The molecule has 0 N–H and O–H groups in total. The lowest BCUT2D eigenvalue weighted by atomic mass is 10.2. The van der Waals surface area contributed by atoms with Crippen LogP contribution in [0, 0.1) is 0 Å². The molecule has 6 rings (SSSR count). The van der Waals surface area contributed by atoms with Gasteiger partial charge in [0.1, 0.15) is 17.2 Å². The summed E-state index contributed by atoms with van der Waals surface area (Å²) in [4.78, 5) is 22.0. The Bertz CT molecular complexity index is 2160. The highest BCUT2D eigenvalue weighted by Crippen LogP contribution is 2.34. The summed E-state index contributed by atoms with van der Waals surface area (Å²) in [6.07, 6.45) is 1.82. The maximum absolute atomic E-state index is 13.6. The van der Waals surface area contributed by atoms with Gasteiger partial charge in [0.25, 0.3) is 5.91 Å². The number of hydrogen-bond acceptors (Lipinski definition) is 7. The normalized spacial score (nSPS) is 14.3. The number of fused-ring (bicyclic) bond motifs is 1. The van der Waals surface area contributed by atoms with Crippen LogP contribution in [-0.4, -0.2) is 79.8 Å². The second kappa shape index (κ2) is 14.5. The number of alkyl halides is 3. The van der Waals surface area contributed by atoms with E-state index in [-0.39, 0.29) is 23.2 Å². The van der Waals surface area contributed by atoms with Crippen molar-refractivity contribution in [2.24, 2.45) is 7.05 Å². The van der Waals surface area contributed by atoms with E-state index in [2.05, 4.69) is 16.0 Å². The predicted molar refractivity (Wildman–Crippen MR) is 190 cm³/mol. The van der Waals surface area contributed by atoms with Gasteiger partial charge in [-0.05, 0) is 60.7 Å². The Morgan fingerprint density at radius 3 is 2.29 bits per heavy atom. The van der Waals surface area contributed by atoms with Gasteiger partial charge in [-0.2, -0.15) is 13.2 Å². The van der Waals surface area contributed by atoms with Crippen molar-refractivity contribution in [1.82, 2.24) is 19.4 Å². The molecule has 266 valence electrons. The predicted octanol–water partition coefficient (Wildman–Crippen LogP) is 6.96. The largest absolute Gasteiger partial charge is 0.496 e. The zero-order valence-electron chi connectivity index (χ0n) is 28.2. The molecule has 1 aliphatic rings. The molecule has 2 aromatic heterocycles. The number of sulfonamides is 1. The second-order valence-electron chi connectivity index (χ2n) is 12.1. The number of halogens is 3. The summed E-state index contributed by atoms with van der Waals surface area (Å²) in [6, 6.07) is 21.8. The fraction of sp³-hybridized carbons (Fsp3) is 0.243. The van der Waals surface area contributed by atoms with Crippen molar-refractivity contribution in [1.29, 1.82) is 0 Å². The van der Waals surface area contributed by atoms with Gasteiger partial charge in [-0.25, -0.2) is 17.7 Å². The zero-order chi connectivity index (χ0) is 36.3. The number of amides is 1. The average Bonchev–Trinajstić information content (AvgIpc) is 3.43. The van der Waals surface area contributed by atoms with Crippen LogP contribution in [0.2, 0.25) is 0 Å². The van der Waals surface area contributed by atoms with E-state index in [0.29, 0.717) is 24.5 Å². The first-order valence-electron chi connectivity index (χ1n) is 16.0. The van der Waals surface area contributed by atoms with Crippen LogP contribution >= 0.6 is 0 Å². The van der Waals surface area contributed by atoms with Crippen LogP contribution in [0.5, 0.6) is 17.4 Å². The Balaban J connectivity index is 1.10. The first kappa shape index (κ1) is 35.5. The fourth-order valence-corrected chi connectivity index (χ4v) is 7.01. The summed E-state index contributed by atoms with van der Waals surface area (Å²) in [5.74, 6) is 1.39. The highest BCUT2D eigenvalue weighted by atomic mass is 32.2. The monoisotopic (exact) mass is 719 g/mol. The average molecular weight is 720 g/mol. The van der Waals surface area contributed by atoms with Gasteiger partial charge in [-0.15, -0.1) is 0 Å². The third kappa shape index (κ3) is 8.02. The molecule has 14 heteroatoms.